The number of aromatic nitrogens is 2. The van der Waals surface area contributed by atoms with Gasteiger partial charge in [0, 0.05) is 11.1 Å². The van der Waals surface area contributed by atoms with Crippen LogP contribution in [0.15, 0.2) is 60.0 Å². The molecule has 2 amide bonds. The maximum absolute atomic E-state index is 12.4. The van der Waals surface area contributed by atoms with E-state index in [4.69, 9.17) is 0 Å². The summed E-state index contributed by atoms with van der Waals surface area (Å²) in [7, 11) is 0. The Kier molecular flexibility index (Phi) is 4.90. The lowest BCUT2D eigenvalue weighted by atomic mass is 10.1. The van der Waals surface area contributed by atoms with Gasteiger partial charge in [-0.25, -0.2) is 0 Å². The van der Waals surface area contributed by atoms with Gasteiger partial charge < -0.3 is 10.6 Å². The first-order valence-corrected chi connectivity index (χ1v) is 9.65. The molecule has 2 aromatic carbocycles. The number of amides is 2. The maximum Gasteiger partial charge on any atom is 0.265 e. The average Bonchev–Trinajstić information content (AvgIpc) is 3.29. The number of anilines is 2. The van der Waals surface area contributed by atoms with Gasteiger partial charge >= 0.3 is 0 Å². The fraction of sp³-hybridized carbons (Fsp3) is 0.0952. The van der Waals surface area contributed by atoms with E-state index in [0.717, 1.165) is 22.0 Å². The van der Waals surface area contributed by atoms with Crippen molar-refractivity contribution in [1.29, 1.82) is 0 Å². The Hall–Kier alpha value is -3.45. The molecule has 140 valence electrons. The Balaban J connectivity index is 1.52. The molecule has 0 bridgehead atoms. The van der Waals surface area contributed by atoms with E-state index in [2.05, 4.69) is 20.8 Å². The van der Waals surface area contributed by atoms with Crippen molar-refractivity contribution in [2.24, 2.45) is 0 Å². The molecule has 0 aliphatic rings. The van der Waals surface area contributed by atoms with Crippen molar-refractivity contribution in [3.05, 3.63) is 76.0 Å². The summed E-state index contributed by atoms with van der Waals surface area (Å²) in [5, 5.41) is 15.5. The molecule has 0 radical (unpaired) electrons. The zero-order chi connectivity index (χ0) is 19.5. The third kappa shape index (κ3) is 3.79. The number of aromatic amines is 1. The average molecular weight is 390 g/mol. The number of carbonyl (C=O) groups excluding carboxylic acids is 2. The minimum Gasteiger partial charge on any atom is -0.321 e. The first kappa shape index (κ1) is 17.9. The van der Waals surface area contributed by atoms with Crippen LogP contribution in [0, 0.1) is 6.92 Å². The largest absolute Gasteiger partial charge is 0.321 e. The molecule has 6 nitrogen and oxygen atoms in total. The fourth-order valence-corrected chi connectivity index (χ4v) is 3.76. The van der Waals surface area contributed by atoms with Gasteiger partial charge in [-0.15, -0.1) is 11.3 Å². The van der Waals surface area contributed by atoms with E-state index in [0.29, 0.717) is 16.4 Å². The summed E-state index contributed by atoms with van der Waals surface area (Å²) in [5.41, 5.74) is 3.30. The third-order valence-electron chi connectivity index (χ3n) is 4.35. The number of rotatable bonds is 5. The Morgan fingerprint density at radius 3 is 2.64 bits per heavy atom. The van der Waals surface area contributed by atoms with Gasteiger partial charge in [0.05, 0.1) is 16.8 Å². The molecule has 0 saturated heterocycles. The van der Waals surface area contributed by atoms with Crippen molar-refractivity contribution in [2.75, 3.05) is 10.6 Å². The van der Waals surface area contributed by atoms with Crippen LogP contribution in [-0.4, -0.2) is 22.0 Å². The summed E-state index contributed by atoms with van der Waals surface area (Å²) in [6, 6.07) is 16.9. The van der Waals surface area contributed by atoms with Gasteiger partial charge in [-0.3, -0.25) is 14.7 Å². The van der Waals surface area contributed by atoms with Gasteiger partial charge in [0.25, 0.3) is 5.91 Å². The molecule has 3 N–H and O–H groups in total. The van der Waals surface area contributed by atoms with Crippen LogP contribution in [0.3, 0.4) is 0 Å². The minimum absolute atomic E-state index is 0.148. The molecule has 2 aromatic heterocycles. The van der Waals surface area contributed by atoms with E-state index in [1.54, 1.807) is 12.1 Å². The second-order valence-corrected chi connectivity index (χ2v) is 7.35. The van der Waals surface area contributed by atoms with Crippen LogP contribution < -0.4 is 10.6 Å². The molecule has 0 unspecified atom stereocenters. The maximum atomic E-state index is 12.4. The summed E-state index contributed by atoms with van der Waals surface area (Å²) < 4.78 is 0. The summed E-state index contributed by atoms with van der Waals surface area (Å²) in [4.78, 5) is 25.5. The van der Waals surface area contributed by atoms with Crippen molar-refractivity contribution < 1.29 is 9.59 Å². The lowest BCUT2D eigenvalue weighted by molar-refractivity contribution is -0.115. The number of fused-ring (bicyclic) bond motifs is 1. The standard InChI is InChI=1S/C21H18N4O2S/c1-13-9-10-28-19(13)21(27)22-15-7-8-17-16(12-15)20(25-24-17)23-18(26)11-14-5-3-2-4-6-14/h2-10,12H,11H2,1H3,(H,22,27)(H2,23,24,25,26). The number of nitrogens with one attached hydrogen (secondary N) is 3. The molecule has 0 spiro atoms. The number of carbonyl (C=O) groups is 2. The SMILES string of the molecule is Cc1ccsc1C(=O)Nc1ccc2[nH]nc(NC(=O)Cc3ccccc3)c2c1. The number of nitrogens with zero attached hydrogens (tertiary/aromatic N) is 1. The van der Waals surface area contributed by atoms with E-state index < -0.39 is 0 Å². The highest BCUT2D eigenvalue weighted by molar-refractivity contribution is 7.12. The first-order valence-electron chi connectivity index (χ1n) is 8.77. The lowest BCUT2D eigenvalue weighted by Gasteiger charge is -2.06. The topological polar surface area (TPSA) is 86.9 Å². The Labute approximate surface area is 165 Å². The first-order chi connectivity index (χ1) is 13.6. The van der Waals surface area contributed by atoms with Crippen LogP contribution in [0.25, 0.3) is 10.9 Å². The van der Waals surface area contributed by atoms with Gasteiger partial charge in [0.1, 0.15) is 0 Å². The Morgan fingerprint density at radius 2 is 1.89 bits per heavy atom. The third-order valence-corrected chi connectivity index (χ3v) is 5.37. The van der Waals surface area contributed by atoms with Crippen molar-refractivity contribution in [3.63, 3.8) is 0 Å². The van der Waals surface area contributed by atoms with E-state index in [1.165, 1.54) is 11.3 Å². The van der Waals surface area contributed by atoms with E-state index in [-0.39, 0.29) is 18.2 Å². The number of benzene rings is 2. The minimum atomic E-state index is -0.150. The molecule has 4 aromatic rings. The van der Waals surface area contributed by atoms with Crippen molar-refractivity contribution >= 4 is 45.6 Å². The second-order valence-electron chi connectivity index (χ2n) is 6.43. The summed E-state index contributed by atoms with van der Waals surface area (Å²) in [5.74, 6) is 0.146. The Bertz CT molecular complexity index is 1150. The molecule has 28 heavy (non-hydrogen) atoms. The molecule has 4 rings (SSSR count). The number of thiophene rings is 1. The lowest BCUT2D eigenvalue weighted by Crippen LogP contribution is -2.15. The zero-order valence-corrected chi connectivity index (χ0v) is 16.0. The quantitative estimate of drug-likeness (QED) is 0.473. The van der Waals surface area contributed by atoms with E-state index >= 15 is 0 Å². The summed E-state index contributed by atoms with van der Waals surface area (Å²) in [6.45, 7) is 1.91. The van der Waals surface area contributed by atoms with Gasteiger partial charge in [0.2, 0.25) is 5.91 Å². The summed E-state index contributed by atoms with van der Waals surface area (Å²) in [6.07, 6.45) is 0.267. The molecule has 0 atom stereocenters. The van der Waals surface area contributed by atoms with Crippen LogP contribution in [0.4, 0.5) is 11.5 Å². The fourth-order valence-electron chi connectivity index (χ4n) is 2.94. The second kappa shape index (κ2) is 7.66. The molecule has 2 heterocycles. The molecule has 0 fully saturated rings. The van der Waals surface area contributed by atoms with Gasteiger partial charge in [0.15, 0.2) is 5.82 Å². The van der Waals surface area contributed by atoms with Gasteiger partial charge in [-0.2, -0.15) is 5.10 Å². The highest BCUT2D eigenvalue weighted by atomic mass is 32.1. The van der Waals surface area contributed by atoms with Crippen molar-refractivity contribution in [2.45, 2.75) is 13.3 Å². The van der Waals surface area contributed by atoms with Crippen molar-refractivity contribution in [3.8, 4) is 0 Å². The highest BCUT2D eigenvalue weighted by Gasteiger charge is 2.14. The molecule has 0 saturated carbocycles. The van der Waals surface area contributed by atoms with Gasteiger partial charge in [-0.1, -0.05) is 30.3 Å². The van der Waals surface area contributed by atoms with Crippen LogP contribution in [0.1, 0.15) is 20.8 Å². The van der Waals surface area contributed by atoms with Gasteiger partial charge in [-0.05, 0) is 47.7 Å². The van der Waals surface area contributed by atoms with Crippen LogP contribution in [-0.2, 0) is 11.2 Å². The monoisotopic (exact) mass is 390 g/mol. The molecule has 0 aliphatic carbocycles. The Morgan fingerprint density at radius 1 is 1.07 bits per heavy atom. The van der Waals surface area contributed by atoms with E-state index in [1.807, 2.05) is 54.8 Å². The molecule has 7 heteroatoms. The van der Waals surface area contributed by atoms with Crippen LogP contribution >= 0.6 is 11.3 Å². The molecular weight excluding hydrogens is 372 g/mol. The number of H-pyrrole nitrogens is 1. The predicted octanol–water partition coefficient (Wildman–Crippen LogP) is 4.37. The normalized spacial score (nSPS) is 10.8. The predicted molar refractivity (Wildman–Crippen MR) is 112 cm³/mol. The highest BCUT2D eigenvalue weighted by Crippen LogP contribution is 2.25. The number of hydrogen-bond donors (Lipinski definition) is 3. The zero-order valence-electron chi connectivity index (χ0n) is 15.2. The number of aryl methyl sites for hydroxylation is 1. The number of hydrogen-bond acceptors (Lipinski definition) is 4. The molecule has 0 aliphatic heterocycles. The van der Waals surface area contributed by atoms with Crippen LogP contribution in [0.2, 0.25) is 0 Å². The summed E-state index contributed by atoms with van der Waals surface area (Å²) >= 11 is 1.41. The molecular formula is C21H18N4O2S. The smallest absolute Gasteiger partial charge is 0.265 e. The van der Waals surface area contributed by atoms with Crippen molar-refractivity contribution in [1.82, 2.24) is 10.2 Å². The van der Waals surface area contributed by atoms with E-state index in [9.17, 15) is 9.59 Å². The van der Waals surface area contributed by atoms with Crippen LogP contribution in [0.5, 0.6) is 0 Å².